The SMILES string of the molecule is COc1cc(C=O)cc(I)c1OC1C=C(C(=O)NCCO)CC(N(C(C)=O)C2CCCCC2)C1O. The molecular formula is C25H33IN2O7. The number of hydrogen-bond acceptors (Lipinski definition) is 7. The zero-order valence-corrected chi connectivity index (χ0v) is 22.2. The van der Waals surface area contributed by atoms with Crippen LogP contribution in [0.15, 0.2) is 23.8 Å². The topological polar surface area (TPSA) is 125 Å². The molecule has 3 unspecified atom stereocenters. The number of nitrogens with zero attached hydrogens (tertiary/aromatic N) is 1. The van der Waals surface area contributed by atoms with Gasteiger partial charge in [-0.05, 0) is 53.6 Å². The molecule has 2 aliphatic rings. The normalized spacial score (nSPS) is 22.7. The Morgan fingerprint density at radius 2 is 1.97 bits per heavy atom. The molecule has 2 amide bonds. The third-order valence-electron chi connectivity index (χ3n) is 6.55. The smallest absolute Gasteiger partial charge is 0.247 e. The van der Waals surface area contributed by atoms with Crippen molar-refractivity contribution in [2.24, 2.45) is 0 Å². The second kappa shape index (κ2) is 12.7. The number of aliphatic hydroxyl groups excluding tert-OH is 2. The number of methoxy groups -OCH3 is 1. The van der Waals surface area contributed by atoms with Gasteiger partial charge in [0.15, 0.2) is 11.5 Å². The average molecular weight is 600 g/mol. The van der Waals surface area contributed by atoms with Crippen LogP contribution in [-0.4, -0.2) is 77.8 Å². The summed E-state index contributed by atoms with van der Waals surface area (Å²) >= 11 is 2.03. The van der Waals surface area contributed by atoms with Crippen LogP contribution in [0.2, 0.25) is 0 Å². The molecule has 9 nitrogen and oxygen atoms in total. The van der Waals surface area contributed by atoms with Crippen LogP contribution in [0, 0.1) is 3.57 Å². The Morgan fingerprint density at radius 3 is 2.57 bits per heavy atom. The Balaban J connectivity index is 1.99. The zero-order valence-electron chi connectivity index (χ0n) is 20.0. The second-order valence-corrected chi connectivity index (χ2v) is 10.0. The molecule has 35 heavy (non-hydrogen) atoms. The predicted molar refractivity (Wildman–Crippen MR) is 137 cm³/mol. The summed E-state index contributed by atoms with van der Waals surface area (Å²) in [5, 5.41) is 23.2. The summed E-state index contributed by atoms with van der Waals surface area (Å²) < 4.78 is 12.2. The van der Waals surface area contributed by atoms with Gasteiger partial charge in [0.1, 0.15) is 18.5 Å². The van der Waals surface area contributed by atoms with Gasteiger partial charge in [-0.15, -0.1) is 0 Å². The van der Waals surface area contributed by atoms with Crippen LogP contribution in [0.1, 0.15) is 55.8 Å². The summed E-state index contributed by atoms with van der Waals surface area (Å²) in [5.74, 6) is 0.124. The third kappa shape index (κ3) is 6.53. The Hall–Kier alpha value is -2.18. The van der Waals surface area contributed by atoms with E-state index in [4.69, 9.17) is 14.6 Å². The molecule has 192 valence electrons. The first-order valence-corrected chi connectivity index (χ1v) is 12.9. The molecule has 0 radical (unpaired) electrons. The molecule has 0 bridgehead atoms. The molecule has 10 heteroatoms. The average Bonchev–Trinajstić information content (AvgIpc) is 2.85. The number of carbonyl (C=O) groups is 3. The monoisotopic (exact) mass is 600 g/mol. The molecular weight excluding hydrogens is 567 g/mol. The van der Waals surface area contributed by atoms with E-state index in [0.717, 1.165) is 32.1 Å². The lowest BCUT2D eigenvalue weighted by molar-refractivity contribution is -0.140. The molecule has 0 saturated heterocycles. The van der Waals surface area contributed by atoms with E-state index in [2.05, 4.69) is 5.32 Å². The van der Waals surface area contributed by atoms with Gasteiger partial charge in [-0.25, -0.2) is 0 Å². The fourth-order valence-electron chi connectivity index (χ4n) is 4.93. The lowest BCUT2D eigenvalue weighted by atomic mass is 9.85. The number of aliphatic hydroxyl groups is 2. The summed E-state index contributed by atoms with van der Waals surface area (Å²) in [5.41, 5.74) is 0.791. The lowest BCUT2D eigenvalue weighted by Gasteiger charge is -2.44. The first-order valence-electron chi connectivity index (χ1n) is 11.9. The molecule has 3 atom stereocenters. The van der Waals surface area contributed by atoms with Gasteiger partial charge < -0.3 is 29.9 Å². The van der Waals surface area contributed by atoms with Crippen molar-refractivity contribution in [2.75, 3.05) is 20.3 Å². The number of benzene rings is 1. The van der Waals surface area contributed by atoms with E-state index >= 15 is 0 Å². The van der Waals surface area contributed by atoms with E-state index in [1.54, 1.807) is 23.1 Å². The quantitative estimate of drug-likeness (QED) is 0.293. The van der Waals surface area contributed by atoms with Crippen molar-refractivity contribution in [1.82, 2.24) is 10.2 Å². The number of hydrogen-bond donors (Lipinski definition) is 3. The van der Waals surface area contributed by atoms with Crippen LogP contribution in [0.25, 0.3) is 0 Å². The van der Waals surface area contributed by atoms with E-state index in [9.17, 15) is 19.5 Å². The Bertz CT molecular complexity index is 961. The van der Waals surface area contributed by atoms with Crippen molar-refractivity contribution in [1.29, 1.82) is 0 Å². The van der Waals surface area contributed by atoms with Crippen molar-refractivity contribution in [3.63, 3.8) is 0 Å². The molecule has 1 aromatic rings. The summed E-state index contributed by atoms with van der Waals surface area (Å²) in [6.45, 7) is 1.38. The van der Waals surface area contributed by atoms with Crippen molar-refractivity contribution < 1.29 is 34.1 Å². The molecule has 2 aliphatic carbocycles. The van der Waals surface area contributed by atoms with Crippen molar-refractivity contribution in [3.8, 4) is 11.5 Å². The van der Waals surface area contributed by atoms with Gasteiger partial charge >= 0.3 is 0 Å². The molecule has 1 aromatic carbocycles. The largest absolute Gasteiger partial charge is 0.493 e. The van der Waals surface area contributed by atoms with Gasteiger partial charge in [-0.2, -0.15) is 0 Å². The van der Waals surface area contributed by atoms with Crippen molar-refractivity contribution >= 4 is 40.7 Å². The van der Waals surface area contributed by atoms with Gasteiger partial charge in [-0.3, -0.25) is 14.4 Å². The van der Waals surface area contributed by atoms with Gasteiger partial charge in [0.05, 0.1) is 23.3 Å². The maximum absolute atomic E-state index is 12.9. The number of carbonyl (C=O) groups excluding carboxylic acids is 3. The summed E-state index contributed by atoms with van der Waals surface area (Å²) in [6, 6.07) is 2.52. The lowest BCUT2D eigenvalue weighted by Crippen LogP contribution is -2.58. The summed E-state index contributed by atoms with van der Waals surface area (Å²) in [4.78, 5) is 38.6. The molecule has 0 aliphatic heterocycles. The highest BCUT2D eigenvalue weighted by Gasteiger charge is 2.42. The zero-order chi connectivity index (χ0) is 25.5. The highest BCUT2D eigenvalue weighted by Crippen LogP contribution is 2.37. The predicted octanol–water partition coefficient (Wildman–Crippen LogP) is 2.21. The minimum atomic E-state index is -1.10. The Labute approximate surface area is 219 Å². The van der Waals surface area contributed by atoms with Crippen molar-refractivity contribution in [2.45, 2.75) is 69.7 Å². The molecule has 3 rings (SSSR count). The minimum absolute atomic E-state index is 0.0112. The van der Waals surface area contributed by atoms with E-state index in [1.165, 1.54) is 14.0 Å². The molecule has 0 aromatic heterocycles. The van der Waals surface area contributed by atoms with Crippen LogP contribution in [0.3, 0.4) is 0 Å². The van der Waals surface area contributed by atoms with Crippen LogP contribution in [0.5, 0.6) is 11.5 Å². The number of nitrogens with one attached hydrogen (secondary N) is 1. The van der Waals surface area contributed by atoms with Crippen LogP contribution in [-0.2, 0) is 9.59 Å². The minimum Gasteiger partial charge on any atom is -0.493 e. The number of halogens is 1. The van der Waals surface area contributed by atoms with E-state index < -0.39 is 18.2 Å². The second-order valence-electron chi connectivity index (χ2n) is 8.89. The van der Waals surface area contributed by atoms with Crippen LogP contribution in [0.4, 0.5) is 0 Å². The first-order chi connectivity index (χ1) is 16.8. The first kappa shape index (κ1) is 27.4. The highest BCUT2D eigenvalue weighted by atomic mass is 127. The molecule has 1 saturated carbocycles. The van der Waals surface area contributed by atoms with Gasteiger partial charge in [0, 0.05) is 37.1 Å². The number of amides is 2. The van der Waals surface area contributed by atoms with Gasteiger partial charge in [-0.1, -0.05) is 19.3 Å². The summed E-state index contributed by atoms with van der Waals surface area (Å²) in [6.07, 6.45) is 5.24. The maximum atomic E-state index is 12.9. The molecule has 0 heterocycles. The fraction of sp³-hybridized carbons (Fsp3) is 0.560. The van der Waals surface area contributed by atoms with Crippen LogP contribution >= 0.6 is 22.6 Å². The van der Waals surface area contributed by atoms with E-state index in [-0.39, 0.29) is 37.4 Å². The maximum Gasteiger partial charge on any atom is 0.247 e. The summed E-state index contributed by atoms with van der Waals surface area (Å²) in [7, 11) is 1.46. The van der Waals surface area contributed by atoms with Gasteiger partial charge in [0.25, 0.3) is 0 Å². The Kier molecular flexibility index (Phi) is 9.93. The van der Waals surface area contributed by atoms with Crippen LogP contribution < -0.4 is 14.8 Å². The third-order valence-corrected chi connectivity index (χ3v) is 7.35. The van der Waals surface area contributed by atoms with Crippen molar-refractivity contribution in [3.05, 3.63) is 32.9 Å². The molecule has 3 N–H and O–H groups in total. The molecule has 1 fully saturated rings. The van der Waals surface area contributed by atoms with Gasteiger partial charge in [0.2, 0.25) is 11.8 Å². The van der Waals surface area contributed by atoms with E-state index in [0.29, 0.717) is 32.5 Å². The van der Waals surface area contributed by atoms with E-state index in [1.807, 2.05) is 22.6 Å². The molecule has 0 spiro atoms. The highest BCUT2D eigenvalue weighted by molar-refractivity contribution is 14.1. The fourth-order valence-corrected chi connectivity index (χ4v) is 5.68. The Morgan fingerprint density at radius 1 is 1.26 bits per heavy atom. The number of rotatable bonds is 9. The number of ether oxygens (including phenoxy) is 2. The standard InChI is InChI=1S/C25H33IN2O7/c1-15(31)28(18-6-4-3-5-7-18)20-12-17(25(33)27-8-9-29)13-21(23(20)32)35-24-19(26)10-16(14-30)11-22(24)34-2/h10-11,13-14,18,20-21,23,29,32H,3-9,12H2,1-2H3,(H,27,33). The number of aldehydes is 1.